The summed E-state index contributed by atoms with van der Waals surface area (Å²) in [6, 6.07) is 0. The molecule has 0 unspecified atom stereocenters. The van der Waals surface area contributed by atoms with E-state index in [9.17, 15) is 8.90 Å². The summed E-state index contributed by atoms with van der Waals surface area (Å²) in [5, 5.41) is 8.14. The molecule has 0 aromatic rings. The Morgan fingerprint density at radius 1 is 1.88 bits per heavy atom. The molecule has 0 aromatic heterocycles. The van der Waals surface area contributed by atoms with Crippen molar-refractivity contribution < 1.29 is 18.4 Å². The largest absolute Gasteiger partial charge is 0.502 e. The Kier molecular flexibility index (Phi) is 2.86. The summed E-state index contributed by atoms with van der Waals surface area (Å²) >= 11 is 0. The zero-order valence-corrected chi connectivity index (χ0v) is 5.47. The van der Waals surface area contributed by atoms with Crippen LogP contribution in [-0.4, -0.2) is 21.2 Å². The molecule has 0 atom stereocenters. The van der Waals surface area contributed by atoms with Crippen molar-refractivity contribution in [2.75, 3.05) is 0 Å². The van der Waals surface area contributed by atoms with Crippen molar-refractivity contribution >= 4 is 16.1 Å². The summed E-state index contributed by atoms with van der Waals surface area (Å²) in [5.41, 5.74) is 0. The van der Waals surface area contributed by atoms with E-state index in [0.717, 1.165) is 0 Å². The number of carbonyl (C=O) groups is 1. The lowest BCUT2D eigenvalue weighted by Gasteiger charge is -1.94. The van der Waals surface area contributed by atoms with Crippen molar-refractivity contribution in [3.63, 3.8) is 0 Å². The van der Waals surface area contributed by atoms with Crippen molar-refractivity contribution in [1.82, 2.24) is 0 Å². The van der Waals surface area contributed by atoms with Gasteiger partial charge in [0.25, 0.3) is 0 Å². The number of rotatable bonds is 2. The molecule has 0 amide bonds. The van der Waals surface area contributed by atoms with Crippen LogP contribution in [0.4, 0.5) is 4.11 Å². The Balaban J connectivity index is 3.49. The SMILES string of the molecule is C=C(O)C(=O)O[SiH2]F. The van der Waals surface area contributed by atoms with Gasteiger partial charge in [-0.05, 0) is 6.58 Å². The molecule has 0 aliphatic heterocycles. The van der Waals surface area contributed by atoms with Crippen LogP contribution in [-0.2, 0) is 9.22 Å². The molecule has 0 saturated carbocycles. The molecule has 3 nitrogen and oxygen atoms in total. The lowest BCUT2D eigenvalue weighted by atomic mass is 10.6. The number of halogens is 1. The van der Waals surface area contributed by atoms with Crippen LogP contribution in [0.1, 0.15) is 0 Å². The van der Waals surface area contributed by atoms with Crippen molar-refractivity contribution in [3.8, 4) is 0 Å². The van der Waals surface area contributed by atoms with Crippen LogP contribution in [0.15, 0.2) is 12.3 Å². The zero-order chi connectivity index (χ0) is 6.57. The van der Waals surface area contributed by atoms with Crippen LogP contribution < -0.4 is 0 Å². The number of hydrogen-bond donors (Lipinski definition) is 1. The van der Waals surface area contributed by atoms with E-state index in [0.29, 0.717) is 0 Å². The summed E-state index contributed by atoms with van der Waals surface area (Å²) in [6.07, 6.45) is 0. The first kappa shape index (κ1) is 7.16. The van der Waals surface area contributed by atoms with Gasteiger partial charge >= 0.3 is 16.1 Å². The van der Waals surface area contributed by atoms with E-state index in [1.54, 1.807) is 0 Å². The molecule has 0 aromatic carbocycles. The van der Waals surface area contributed by atoms with Crippen molar-refractivity contribution in [2.24, 2.45) is 0 Å². The maximum atomic E-state index is 11.1. The lowest BCUT2D eigenvalue weighted by molar-refractivity contribution is -0.133. The molecule has 0 saturated heterocycles. The Morgan fingerprint density at radius 3 is 2.50 bits per heavy atom. The van der Waals surface area contributed by atoms with Crippen LogP contribution >= 0.6 is 0 Å². The Bertz CT molecular complexity index is 113. The third-order valence-electron chi connectivity index (χ3n) is 0.421. The average Bonchev–Trinajstić information content (AvgIpc) is 1.67. The van der Waals surface area contributed by atoms with Gasteiger partial charge in [0.15, 0.2) is 5.76 Å². The summed E-state index contributed by atoms with van der Waals surface area (Å²) in [5.74, 6) is -1.82. The lowest BCUT2D eigenvalue weighted by Crippen LogP contribution is -2.06. The van der Waals surface area contributed by atoms with E-state index >= 15 is 0 Å². The van der Waals surface area contributed by atoms with E-state index < -0.39 is 21.8 Å². The molecule has 1 N–H and O–H groups in total. The standard InChI is InChI=1S/C3H5FO3Si/c1-2(5)3(6)7-8-4/h5H,1,8H2. The van der Waals surface area contributed by atoms with Crippen molar-refractivity contribution in [2.45, 2.75) is 0 Å². The fourth-order valence-electron chi connectivity index (χ4n) is 0.133. The molecular weight excluding hydrogens is 131 g/mol. The van der Waals surface area contributed by atoms with Crippen molar-refractivity contribution in [3.05, 3.63) is 12.3 Å². The normalized spacial score (nSPS) is 9.62. The second-order valence-corrected chi connectivity index (χ2v) is 1.49. The highest BCUT2D eigenvalue weighted by atomic mass is 28.3. The van der Waals surface area contributed by atoms with Crippen LogP contribution in [0.25, 0.3) is 0 Å². The highest BCUT2D eigenvalue weighted by Crippen LogP contribution is 1.85. The molecule has 0 spiro atoms. The van der Waals surface area contributed by atoms with Gasteiger partial charge in [0.2, 0.25) is 0 Å². The topological polar surface area (TPSA) is 46.5 Å². The van der Waals surface area contributed by atoms with Gasteiger partial charge < -0.3 is 9.53 Å². The van der Waals surface area contributed by atoms with Gasteiger partial charge in [-0.2, -0.15) is 0 Å². The van der Waals surface area contributed by atoms with Gasteiger partial charge in [-0.15, -0.1) is 0 Å². The fourth-order valence-corrected chi connectivity index (χ4v) is 0.399. The molecule has 46 valence electrons. The minimum Gasteiger partial charge on any atom is -0.502 e. The Labute approximate surface area is 47.9 Å². The van der Waals surface area contributed by atoms with E-state index in [4.69, 9.17) is 5.11 Å². The molecular formula is C3H5FO3Si. The molecule has 0 bridgehead atoms. The first-order valence-electron chi connectivity index (χ1n) is 1.79. The summed E-state index contributed by atoms with van der Waals surface area (Å²) in [4.78, 5) is 9.97. The van der Waals surface area contributed by atoms with E-state index in [1.807, 2.05) is 0 Å². The van der Waals surface area contributed by atoms with Crippen LogP contribution in [0.3, 0.4) is 0 Å². The van der Waals surface area contributed by atoms with Gasteiger partial charge in [-0.25, -0.2) is 4.79 Å². The molecule has 0 radical (unpaired) electrons. The van der Waals surface area contributed by atoms with Gasteiger partial charge in [0, 0.05) is 0 Å². The fraction of sp³-hybridized carbons (Fsp3) is 0. The Hall–Kier alpha value is -0.843. The molecule has 0 rings (SSSR count). The first-order chi connectivity index (χ1) is 3.68. The highest BCUT2D eigenvalue weighted by Gasteiger charge is 2.03. The van der Waals surface area contributed by atoms with E-state index in [2.05, 4.69) is 11.0 Å². The molecule has 0 heterocycles. The van der Waals surface area contributed by atoms with Gasteiger partial charge in [0.1, 0.15) is 0 Å². The zero-order valence-electron chi connectivity index (χ0n) is 4.06. The predicted octanol–water partition coefficient (Wildman–Crippen LogP) is -0.430. The average molecular weight is 136 g/mol. The minimum atomic E-state index is -2.25. The van der Waals surface area contributed by atoms with Crippen molar-refractivity contribution in [1.29, 1.82) is 0 Å². The molecule has 0 aliphatic rings. The third kappa shape index (κ3) is 2.35. The number of hydrogen-bond acceptors (Lipinski definition) is 3. The maximum absolute atomic E-state index is 11.1. The van der Waals surface area contributed by atoms with E-state index in [-0.39, 0.29) is 0 Å². The quantitative estimate of drug-likeness (QED) is 0.242. The van der Waals surface area contributed by atoms with Crippen LogP contribution in [0.2, 0.25) is 0 Å². The molecule has 0 aliphatic carbocycles. The summed E-state index contributed by atoms with van der Waals surface area (Å²) in [7, 11) is -2.25. The molecule has 0 fully saturated rings. The second-order valence-electron chi connectivity index (χ2n) is 0.988. The summed E-state index contributed by atoms with van der Waals surface area (Å²) in [6.45, 7) is 2.81. The van der Waals surface area contributed by atoms with Gasteiger partial charge in [-0.3, -0.25) is 4.11 Å². The summed E-state index contributed by atoms with van der Waals surface area (Å²) < 4.78 is 14.9. The van der Waals surface area contributed by atoms with Crippen LogP contribution in [0, 0.1) is 0 Å². The molecule has 5 heteroatoms. The Morgan fingerprint density at radius 2 is 2.38 bits per heavy atom. The minimum absolute atomic E-state index is 0.754. The number of carbonyl (C=O) groups excluding carboxylic acids is 1. The second kappa shape index (κ2) is 3.20. The smallest absolute Gasteiger partial charge is 0.412 e. The predicted molar refractivity (Wildman–Crippen MR) is 27.5 cm³/mol. The monoisotopic (exact) mass is 136 g/mol. The van der Waals surface area contributed by atoms with Crippen LogP contribution in [0.5, 0.6) is 0 Å². The van der Waals surface area contributed by atoms with E-state index in [1.165, 1.54) is 0 Å². The van der Waals surface area contributed by atoms with Gasteiger partial charge in [0.05, 0.1) is 0 Å². The first-order valence-corrected chi connectivity index (χ1v) is 2.90. The molecule has 8 heavy (non-hydrogen) atoms. The maximum Gasteiger partial charge on any atom is 0.412 e. The highest BCUT2D eigenvalue weighted by molar-refractivity contribution is 6.22. The number of aliphatic hydroxyl groups is 1. The third-order valence-corrected chi connectivity index (χ3v) is 0.793. The number of aliphatic hydroxyl groups excluding tert-OH is 1. The van der Waals surface area contributed by atoms with Gasteiger partial charge in [-0.1, -0.05) is 0 Å².